The van der Waals surface area contributed by atoms with Gasteiger partial charge in [-0.15, -0.1) is 0 Å². The summed E-state index contributed by atoms with van der Waals surface area (Å²) in [5.41, 5.74) is -0.468. The van der Waals surface area contributed by atoms with E-state index in [1.807, 2.05) is 0 Å². The maximum Gasteiger partial charge on any atom is 0.309 e. The van der Waals surface area contributed by atoms with E-state index in [-0.39, 0.29) is 12.2 Å². The number of benzene rings is 1. The average molecular weight is 289 g/mol. The molecule has 1 aromatic rings. The maximum atomic E-state index is 13.6. The molecule has 0 saturated heterocycles. The van der Waals surface area contributed by atoms with E-state index in [1.54, 1.807) is 26.0 Å². The topological polar surface area (TPSA) is 37.3 Å². The molecule has 0 aliphatic carbocycles. The zero-order chi connectivity index (χ0) is 12.3. The van der Waals surface area contributed by atoms with Crippen molar-refractivity contribution in [2.45, 2.75) is 26.7 Å². The molecule has 16 heavy (non-hydrogen) atoms. The third kappa shape index (κ3) is 2.82. The minimum Gasteiger partial charge on any atom is -0.481 e. The normalized spacial score (nSPS) is 14.5. The summed E-state index contributed by atoms with van der Waals surface area (Å²) in [5.74, 6) is -1.26. The Bertz CT molecular complexity index is 406. The van der Waals surface area contributed by atoms with Crippen LogP contribution in [0.1, 0.15) is 25.8 Å². The van der Waals surface area contributed by atoms with Crippen LogP contribution in [0.25, 0.3) is 0 Å². The molecule has 88 valence electrons. The first kappa shape index (κ1) is 13.2. The third-order valence-electron chi connectivity index (χ3n) is 2.89. The number of aliphatic carboxylic acids is 1. The zero-order valence-electron chi connectivity index (χ0n) is 9.26. The lowest BCUT2D eigenvalue weighted by molar-refractivity contribution is -0.148. The number of hydrogen-bond acceptors (Lipinski definition) is 1. The van der Waals surface area contributed by atoms with E-state index in [0.717, 1.165) is 0 Å². The highest BCUT2D eigenvalue weighted by atomic mass is 79.9. The maximum absolute atomic E-state index is 13.6. The molecule has 1 rings (SSSR count). The van der Waals surface area contributed by atoms with Gasteiger partial charge in [-0.3, -0.25) is 4.79 Å². The van der Waals surface area contributed by atoms with Crippen LogP contribution in [0.5, 0.6) is 0 Å². The molecule has 0 radical (unpaired) electrons. The molecule has 0 fully saturated rings. The van der Waals surface area contributed by atoms with Crippen LogP contribution < -0.4 is 0 Å². The number of hydrogen-bond donors (Lipinski definition) is 1. The molecular weight excluding hydrogens is 275 g/mol. The summed E-state index contributed by atoms with van der Waals surface area (Å²) in [5, 5.41) is 9.11. The second-order valence-corrected chi connectivity index (χ2v) is 5.05. The first-order valence-electron chi connectivity index (χ1n) is 5.06. The summed E-state index contributed by atoms with van der Waals surface area (Å²) in [6.07, 6.45) is 0.676. The Morgan fingerprint density at radius 3 is 2.62 bits per heavy atom. The largest absolute Gasteiger partial charge is 0.481 e. The third-order valence-corrected chi connectivity index (χ3v) is 3.39. The summed E-state index contributed by atoms with van der Waals surface area (Å²) in [6, 6.07) is 4.69. The molecule has 0 amide bonds. The standard InChI is InChI=1S/C12H14BrFO2/c1-3-12(2,11(15)16)7-8-4-5-9(13)6-10(8)14/h4-6H,3,7H2,1-2H3,(H,15,16). The molecule has 0 aliphatic heterocycles. The molecule has 0 spiro atoms. The van der Waals surface area contributed by atoms with Crippen molar-refractivity contribution in [1.29, 1.82) is 0 Å². The molecule has 0 heterocycles. The van der Waals surface area contributed by atoms with Gasteiger partial charge in [0.05, 0.1) is 5.41 Å². The molecule has 1 unspecified atom stereocenters. The van der Waals surface area contributed by atoms with E-state index in [9.17, 15) is 9.18 Å². The fourth-order valence-electron chi connectivity index (χ4n) is 1.44. The van der Waals surface area contributed by atoms with E-state index < -0.39 is 11.4 Å². The van der Waals surface area contributed by atoms with Crippen molar-refractivity contribution >= 4 is 21.9 Å². The SMILES string of the molecule is CCC(C)(Cc1ccc(Br)cc1F)C(=O)O. The lowest BCUT2D eigenvalue weighted by Crippen LogP contribution is -2.29. The van der Waals surface area contributed by atoms with E-state index in [4.69, 9.17) is 5.11 Å². The van der Waals surface area contributed by atoms with Gasteiger partial charge in [0, 0.05) is 4.47 Å². The van der Waals surface area contributed by atoms with Gasteiger partial charge >= 0.3 is 5.97 Å². The number of carbonyl (C=O) groups is 1. The number of rotatable bonds is 4. The predicted octanol–water partition coefficient (Wildman–Crippen LogP) is 3.63. The van der Waals surface area contributed by atoms with Crippen molar-refractivity contribution in [3.8, 4) is 0 Å². The van der Waals surface area contributed by atoms with Crippen molar-refractivity contribution in [2.75, 3.05) is 0 Å². The van der Waals surface area contributed by atoms with Crippen LogP contribution in [0, 0.1) is 11.2 Å². The monoisotopic (exact) mass is 288 g/mol. The van der Waals surface area contributed by atoms with Crippen molar-refractivity contribution < 1.29 is 14.3 Å². The molecule has 0 bridgehead atoms. The second kappa shape index (κ2) is 4.95. The molecule has 1 atom stereocenters. The summed E-state index contributed by atoms with van der Waals surface area (Å²) in [7, 11) is 0. The lowest BCUT2D eigenvalue weighted by atomic mass is 9.81. The van der Waals surface area contributed by atoms with Crippen molar-refractivity contribution in [2.24, 2.45) is 5.41 Å². The van der Waals surface area contributed by atoms with Crippen LogP contribution in [0.4, 0.5) is 4.39 Å². The quantitative estimate of drug-likeness (QED) is 0.919. The van der Waals surface area contributed by atoms with Gasteiger partial charge in [0.1, 0.15) is 5.82 Å². The fraction of sp³-hybridized carbons (Fsp3) is 0.417. The highest BCUT2D eigenvalue weighted by Crippen LogP contribution is 2.28. The van der Waals surface area contributed by atoms with E-state index in [0.29, 0.717) is 16.5 Å². The van der Waals surface area contributed by atoms with Crippen LogP contribution in [0.15, 0.2) is 22.7 Å². The van der Waals surface area contributed by atoms with Crippen LogP contribution in [0.2, 0.25) is 0 Å². The molecular formula is C12H14BrFO2. The Morgan fingerprint density at radius 1 is 1.56 bits per heavy atom. The van der Waals surface area contributed by atoms with Gasteiger partial charge in [-0.1, -0.05) is 28.9 Å². The smallest absolute Gasteiger partial charge is 0.309 e. The molecule has 2 nitrogen and oxygen atoms in total. The fourth-order valence-corrected chi connectivity index (χ4v) is 1.77. The highest BCUT2D eigenvalue weighted by molar-refractivity contribution is 9.10. The van der Waals surface area contributed by atoms with Gasteiger partial charge in [-0.05, 0) is 37.5 Å². The van der Waals surface area contributed by atoms with Crippen molar-refractivity contribution in [3.05, 3.63) is 34.1 Å². The first-order valence-corrected chi connectivity index (χ1v) is 5.85. The average Bonchev–Trinajstić information content (AvgIpc) is 2.22. The van der Waals surface area contributed by atoms with Gasteiger partial charge in [0.2, 0.25) is 0 Å². The molecule has 1 aromatic carbocycles. The number of carboxylic acid groups (broad SMARTS) is 1. The van der Waals surface area contributed by atoms with Crippen molar-refractivity contribution in [3.63, 3.8) is 0 Å². The molecule has 0 saturated carbocycles. The van der Waals surface area contributed by atoms with Crippen LogP contribution >= 0.6 is 15.9 Å². The Hall–Kier alpha value is -0.900. The Kier molecular flexibility index (Phi) is 4.08. The Morgan fingerprint density at radius 2 is 2.19 bits per heavy atom. The van der Waals surface area contributed by atoms with Gasteiger partial charge in [-0.25, -0.2) is 4.39 Å². The van der Waals surface area contributed by atoms with Crippen LogP contribution in [-0.4, -0.2) is 11.1 Å². The Labute approximate surface area is 103 Å². The minimum atomic E-state index is -0.908. The molecule has 4 heteroatoms. The van der Waals surface area contributed by atoms with E-state index in [2.05, 4.69) is 15.9 Å². The summed E-state index contributed by atoms with van der Waals surface area (Å²) in [6.45, 7) is 3.43. The molecule has 0 aromatic heterocycles. The lowest BCUT2D eigenvalue weighted by Gasteiger charge is -2.23. The van der Waals surface area contributed by atoms with Crippen LogP contribution in [-0.2, 0) is 11.2 Å². The molecule has 1 N–H and O–H groups in total. The van der Waals surface area contributed by atoms with Gasteiger partial charge in [0.25, 0.3) is 0 Å². The minimum absolute atomic E-state index is 0.206. The zero-order valence-corrected chi connectivity index (χ0v) is 10.8. The van der Waals surface area contributed by atoms with Gasteiger partial charge in [0.15, 0.2) is 0 Å². The second-order valence-electron chi connectivity index (χ2n) is 4.13. The summed E-state index contributed by atoms with van der Waals surface area (Å²) in [4.78, 5) is 11.1. The van der Waals surface area contributed by atoms with Gasteiger partial charge < -0.3 is 5.11 Å². The van der Waals surface area contributed by atoms with Crippen molar-refractivity contribution in [1.82, 2.24) is 0 Å². The summed E-state index contributed by atoms with van der Waals surface area (Å²) < 4.78 is 14.2. The van der Waals surface area contributed by atoms with Gasteiger partial charge in [-0.2, -0.15) is 0 Å². The number of carboxylic acids is 1. The van der Waals surface area contributed by atoms with Crippen LogP contribution in [0.3, 0.4) is 0 Å². The van der Waals surface area contributed by atoms with E-state index in [1.165, 1.54) is 6.07 Å². The predicted molar refractivity (Wildman–Crippen MR) is 63.8 cm³/mol. The highest BCUT2D eigenvalue weighted by Gasteiger charge is 2.32. The molecule has 0 aliphatic rings. The number of halogens is 2. The Balaban J connectivity index is 2.99. The first-order chi connectivity index (χ1) is 7.39. The van der Waals surface area contributed by atoms with E-state index >= 15 is 0 Å². The summed E-state index contributed by atoms with van der Waals surface area (Å²) >= 11 is 3.17.